The molecule has 0 amide bonds. The Kier molecular flexibility index (Phi) is 6.43. The highest BCUT2D eigenvalue weighted by molar-refractivity contribution is 5.23. The lowest BCUT2D eigenvalue weighted by atomic mass is 9.99. The van der Waals surface area contributed by atoms with E-state index < -0.39 is 0 Å². The van der Waals surface area contributed by atoms with Crippen molar-refractivity contribution in [2.75, 3.05) is 26.2 Å². The van der Waals surface area contributed by atoms with Gasteiger partial charge in [0.05, 0.1) is 5.54 Å². The topological polar surface area (TPSA) is 52.5 Å². The fourth-order valence-corrected chi connectivity index (χ4v) is 4.45. The maximum Gasteiger partial charge on any atom is 0.214 e. The van der Waals surface area contributed by atoms with Crippen LogP contribution >= 0.6 is 0 Å². The zero-order valence-electron chi connectivity index (χ0n) is 18.7. The van der Waals surface area contributed by atoms with E-state index in [9.17, 15) is 4.39 Å². The Morgan fingerprint density at radius 3 is 2.32 bits per heavy atom. The second-order valence-electron chi connectivity index (χ2n) is 9.17. The minimum atomic E-state index is -0.219. The van der Waals surface area contributed by atoms with Gasteiger partial charge in [0.2, 0.25) is 5.82 Å². The first kappa shape index (κ1) is 21.6. The molecule has 7 heteroatoms. The summed E-state index contributed by atoms with van der Waals surface area (Å²) < 4.78 is 15.6. The van der Waals surface area contributed by atoms with Gasteiger partial charge < -0.3 is 9.80 Å². The van der Waals surface area contributed by atoms with E-state index in [1.54, 1.807) is 4.90 Å². The first-order valence-electron chi connectivity index (χ1n) is 11.2. The van der Waals surface area contributed by atoms with Gasteiger partial charge in [0.15, 0.2) is 6.04 Å². The Morgan fingerprint density at radius 1 is 1.00 bits per heavy atom. The molecule has 164 valence electrons. The molecule has 0 unspecified atom stereocenters. The number of piperazine rings is 1. The summed E-state index contributed by atoms with van der Waals surface area (Å²) in [6, 6.07) is 17.5. The molecular formula is C24H33FN6+2. The van der Waals surface area contributed by atoms with Crippen molar-refractivity contribution >= 4 is 0 Å². The number of hydrogen-bond acceptors (Lipinski definition) is 3. The van der Waals surface area contributed by atoms with Gasteiger partial charge in [-0.3, -0.25) is 0 Å². The molecule has 3 aromatic rings. The molecule has 6 nitrogen and oxygen atoms in total. The molecule has 0 aliphatic carbocycles. The van der Waals surface area contributed by atoms with Gasteiger partial charge in [-0.2, -0.15) is 0 Å². The second kappa shape index (κ2) is 9.24. The number of halogens is 1. The van der Waals surface area contributed by atoms with Crippen LogP contribution in [-0.2, 0) is 12.1 Å². The minimum absolute atomic E-state index is 0.0142. The van der Waals surface area contributed by atoms with Crippen LogP contribution in [0.15, 0.2) is 54.6 Å². The highest BCUT2D eigenvalue weighted by Crippen LogP contribution is 2.24. The predicted molar refractivity (Wildman–Crippen MR) is 117 cm³/mol. The van der Waals surface area contributed by atoms with Gasteiger partial charge in [-0.25, -0.2) is 9.07 Å². The summed E-state index contributed by atoms with van der Waals surface area (Å²) in [6.45, 7) is 11.7. The van der Waals surface area contributed by atoms with Crippen molar-refractivity contribution in [3.63, 3.8) is 0 Å². The molecule has 0 radical (unpaired) electrons. The maximum atomic E-state index is 13.7. The van der Waals surface area contributed by atoms with E-state index in [2.05, 4.69) is 66.6 Å². The molecule has 2 aromatic carbocycles. The summed E-state index contributed by atoms with van der Waals surface area (Å²) in [5.74, 6) is 0.642. The molecule has 0 bridgehead atoms. The van der Waals surface area contributed by atoms with Crippen molar-refractivity contribution in [1.29, 1.82) is 0 Å². The SMILES string of the molecule is CCC(C)(C)n1nnnc1[C@@H](c1ccc(F)cc1)[NH+]1CC[NH+](Cc2ccccc2)CC1. The highest BCUT2D eigenvalue weighted by Gasteiger charge is 2.38. The molecule has 1 aliphatic heterocycles. The number of nitrogens with zero attached hydrogens (tertiary/aromatic N) is 4. The maximum absolute atomic E-state index is 13.7. The first-order valence-corrected chi connectivity index (χ1v) is 11.2. The van der Waals surface area contributed by atoms with E-state index in [4.69, 9.17) is 0 Å². The standard InChI is InChI=1S/C24H31FN6/c1-4-24(2,3)31-23(26-27-28-31)22(20-10-12-21(25)13-11-20)30-16-14-29(15-17-30)18-19-8-6-5-7-9-19/h5-13,22H,4,14-18H2,1-3H3/p+2/t22-/m1/s1. The van der Waals surface area contributed by atoms with Crippen molar-refractivity contribution in [1.82, 2.24) is 20.2 Å². The van der Waals surface area contributed by atoms with Gasteiger partial charge in [0.1, 0.15) is 38.5 Å². The quantitative estimate of drug-likeness (QED) is 0.596. The fourth-order valence-electron chi connectivity index (χ4n) is 4.45. The molecule has 1 aromatic heterocycles. The Balaban J connectivity index is 1.58. The molecule has 1 saturated heterocycles. The van der Waals surface area contributed by atoms with Crippen LogP contribution in [0.4, 0.5) is 4.39 Å². The van der Waals surface area contributed by atoms with Crippen LogP contribution in [0.3, 0.4) is 0 Å². The van der Waals surface area contributed by atoms with Crippen molar-refractivity contribution in [3.8, 4) is 0 Å². The summed E-state index contributed by atoms with van der Waals surface area (Å²) in [7, 11) is 0. The van der Waals surface area contributed by atoms with Gasteiger partial charge >= 0.3 is 0 Å². The van der Waals surface area contributed by atoms with Crippen molar-refractivity contribution in [2.45, 2.75) is 45.3 Å². The third kappa shape index (κ3) is 4.83. The molecule has 1 fully saturated rings. The van der Waals surface area contributed by atoms with E-state index in [1.165, 1.54) is 22.6 Å². The number of benzene rings is 2. The summed E-state index contributed by atoms with van der Waals surface area (Å²) in [4.78, 5) is 3.03. The molecule has 0 spiro atoms. The fraction of sp³-hybridized carbons (Fsp3) is 0.458. The van der Waals surface area contributed by atoms with Gasteiger partial charge in [0.25, 0.3) is 0 Å². The third-order valence-corrected chi connectivity index (χ3v) is 6.70. The van der Waals surface area contributed by atoms with E-state index in [1.807, 2.05) is 16.8 Å². The smallest absolute Gasteiger partial charge is 0.214 e. The summed E-state index contributed by atoms with van der Waals surface area (Å²) >= 11 is 0. The normalized spacial score (nSPS) is 20.5. The van der Waals surface area contributed by atoms with E-state index in [0.717, 1.165) is 50.5 Å². The lowest BCUT2D eigenvalue weighted by Gasteiger charge is -2.35. The molecule has 2 heterocycles. The molecular weight excluding hydrogens is 391 g/mol. The molecule has 4 rings (SSSR count). The van der Waals surface area contributed by atoms with Crippen LogP contribution in [0.25, 0.3) is 0 Å². The van der Waals surface area contributed by atoms with Crippen LogP contribution < -0.4 is 9.80 Å². The number of rotatable bonds is 7. The number of quaternary nitrogens is 2. The van der Waals surface area contributed by atoms with Gasteiger partial charge in [-0.1, -0.05) is 37.3 Å². The van der Waals surface area contributed by atoms with E-state index in [0.29, 0.717) is 0 Å². The Morgan fingerprint density at radius 2 is 1.68 bits per heavy atom. The predicted octanol–water partition coefficient (Wildman–Crippen LogP) is 1.03. The average molecular weight is 425 g/mol. The molecule has 31 heavy (non-hydrogen) atoms. The Hall–Kier alpha value is -2.64. The molecule has 2 N–H and O–H groups in total. The molecule has 0 saturated carbocycles. The summed E-state index contributed by atoms with van der Waals surface area (Å²) in [5, 5.41) is 12.9. The van der Waals surface area contributed by atoms with Gasteiger partial charge in [-0.05, 0) is 55.0 Å². The number of tetrazole rings is 1. The molecule has 1 aliphatic rings. The third-order valence-electron chi connectivity index (χ3n) is 6.70. The van der Waals surface area contributed by atoms with Crippen LogP contribution in [-0.4, -0.2) is 46.4 Å². The Bertz CT molecular complexity index is 961. The minimum Gasteiger partial charge on any atom is -0.322 e. The van der Waals surface area contributed by atoms with E-state index in [-0.39, 0.29) is 17.4 Å². The number of hydrogen-bond donors (Lipinski definition) is 2. The average Bonchev–Trinajstić information content (AvgIpc) is 3.28. The highest BCUT2D eigenvalue weighted by atomic mass is 19.1. The second-order valence-corrected chi connectivity index (χ2v) is 9.17. The lowest BCUT2D eigenvalue weighted by molar-refractivity contribution is -1.03. The lowest BCUT2D eigenvalue weighted by Crippen LogP contribution is -3.27. The van der Waals surface area contributed by atoms with Crippen molar-refractivity contribution in [3.05, 3.63) is 77.4 Å². The van der Waals surface area contributed by atoms with Gasteiger partial charge in [-0.15, -0.1) is 5.10 Å². The monoisotopic (exact) mass is 424 g/mol. The largest absolute Gasteiger partial charge is 0.322 e. The first-order chi connectivity index (χ1) is 15.0. The zero-order valence-corrected chi connectivity index (χ0v) is 18.7. The van der Waals surface area contributed by atoms with Crippen LogP contribution in [0.1, 0.15) is 50.2 Å². The van der Waals surface area contributed by atoms with Gasteiger partial charge in [0, 0.05) is 11.1 Å². The van der Waals surface area contributed by atoms with Crippen LogP contribution in [0.5, 0.6) is 0 Å². The summed E-state index contributed by atoms with van der Waals surface area (Å²) in [6.07, 6.45) is 0.922. The van der Waals surface area contributed by atoms with Crippen LogP contribution in [0.2, 0.25) is 0 Å². The molecule has 1 atom stereocenters. The number of nitrogens with one attached hydrogen (secondary N) is 2. The van der Waals surface area contributed by atoms with E-state index >= 15 is 0 Å². The van der Waals surface area contributed by atoms with Crippen molar-refractivity contribution < 1.29 is 14.2 Å². The summed E-state index contributed by atoms with van der Waals surface area (Å²) in [5.41, 5.74) is 2.26. The van der Waals surface area contributed by atoms with Crippen LogP contribution in [0, 0.1) is 5.82 Å². The van der Waals surface area contributed by atoms with Crippen molar-refractivity contribution in [2.24, 2.45) is 0 Å². The zero-order chi connectivity index (χ0) is 21.8. The number of aromatic nitrogens is 4. The Labute approximate surface area is 183 Å².